The largest absolute Gasteiger partial charge is 0.379 e. The topological polar surface area (TPSA) is 35.2 Å². The maximum atomic E-state index is 6.21. The van der Waals surface area contributed by atoms with Crippen molar-refractivity contribution in [2.24, 2.45) is 22.5 Å². The van der Waals surface area contributed by atoms with Gasteiger partial charge in [0, 0.05) is 18.6 Å². The van der Waals surface area contributed by atoms with Crippen molar-refractivity contribution in [2.45, 2.75) is 45.8 Å². The van der Waals surface area contributed by atoms with E-state index >= 15 is 0 Å². The van der Waals surface area contributed by atoms with Gasteiger partial charge in [0.25, 0.3) is 0 Å². The second-order valence-corrected chi connectivity index (χ2v) is 5.52. The zero-order chi connectivity index (χ0) is 9.85. The molecule has 2 nitrogen and oxygen atoms in total. The molecule has 2 saturated carbocycles. The molecule has 0 saturated heterocycles. The molecule has 0 aromatic rings. The Labute approximate surface area is 80.8 Å². The van der Waals surface area contributed by atoms with Crippen LogP contribution in [0.5, 0.6) is 0 Å². The second kappa shape index (κ2) is 2.48. The molecule has 0 radical (unpaired) electrons. The Bertz CT molecular complexity index is 226. The minimum absolute atomic E-state index is 0.249. The summed E-state index contributed by atoms with van der Waals surface area (Å²) in [5.41, 5.74) is 6.86. The minimum Gasteiger partial charge on any atom is -0.379 e. The molecule has 2 rings (SSSR count). The molecule has 0 aliphatic heterocycles. The summed E-state index contributed by atoms with van der Waals surface area (Å²) < 4.78 is 5.57. The number of ether oxygens (including phenoxy) is 1. The lowest BCUT2D eigenvalue weighted by Crippen LogP contribution is -2.45. The van der Waals surface area contributed by atoms with Crippen LogP contribution in [0.15, 0.2) is 0 Å². The van der Waals surface area contributed by atoms with Crippen LogP contribution >= 0.6 is 0 Å². The van der Waals surface area contributed by atoms with Crippen LogP contribution in [-0.4, -0.2) is 19.3 Å². The van der Waals surface area contributed by atoms with Crippen LogP contribution in [0, 0.1) is 16.7 Å². The Morgan fingerprint density at radius 3 is 2.23 bits per heavy atom. The SMILES string of the molecule is COC1C(N)C2CCC1(C)C2(C)C. The van der Waals surface area contributed by atoms with Crippen molar-refractivity contribution in [1.29, 1.82) is 0 Å². The van der Waals surface area contributed by atoms with Crippen LogP contribution in [0.1, 0.15) is 33.6 Å². The molecule has 0 spiro atoms. The predicted molar refractivity (Wildman–Crippen MR) is 53.4 cm³/mol. The normalized spacial score (nSPS) is 52.8. The molecule has 0 aromatic carbocycles. The molecule has 2 heteroatoms. The van der Waals surface area contributed by atoms with E-state index in [2.05, 4.69) is 20.8 Å². The highest BCUT2D eigenvalue weighted by molar-refractivity contribution is 5.16. The van der Waals surface area contributed by atoms with Crippen LogP contribution in [0.25, 0.3) is 0 Å². The summed E-state index contributed by atoms with van der Waals surface area (Å²) in [5.74, 6) is 0.655. The first kappa shape index (κ1) is 9.47. The van der Waals surface area contributed by atoms with Crippen molar-refractivity contribution >= 4 is 0 Å². The first-order valence-electron chi connectivity index (χ1n) is 5.23. The van der Waals surface area contributed by atoms with Gasteiger partial charge in [-0.3, -0.25) is 0 Å². The molecule has 76 valence electrons. The zero-order valence-corrected chi connectivity index (χ0v) is 9.13. The summed E-state index contributed by atoms with van der Waals surface area (Å²) in [4.78, 5) is 0. The summed E-state index contributed by atoms with van der Waals surface area (Å²) >= 11 is 0. The Hall–Kier alpha value is -0.0800. The number of nitrogens with two attached hydrogens (primary N) is 1. The number of methoxy groups -OCH3 is 1. The van der Waals surface area contributed by atoms with Crippen molar-refractivity contribution in [3.63, 3.8) is 0 Å². The molecule has 2 fully saturated rings. The molecule has 0 amide bonds. The van der Waals surface area contributed by atoms with Gasteiger partial charge in [-0.25, -0.2) is 0 Å². The standard InChI is InChI=1S/C11H21NO/c1-10(2)7-5-6-11(10,3)9(13-4)8(7)12/h7-9H,5-6,12H2,1-4H3. The van der Waals surface area contributed by atoms with E-state index in [1.807, 2.05) is 0 Å². The van der Waals surface area contributed by atoms with Gasteiger partial charge in [-0.15, -0.1) is 0 Å². The van der Waals surface area contributed by atoms with E-state index < -0.39 is 0 Å². The van der Waals surface area contributed by atoms with Crippen LogP contribution in [-0.2, 0) is 4.74 Å². The lowest BCUT2D eigenvalue weighted by molar-refractivity contribution is -0.0269. The lowest BCUT2D eigenvalue weighted by Gasteiger charge is -2.38. The highest BCUT2D eigenvalue weighted by atomic mass is 16.5. The quantitative estimate of drug-likeness (QED) is 0.672. The molecule has 4 unspecified atom stereocenters. The van der Waals surface area contributed by atoms with Gasteiger partial charge < -0.3 is 10.5 Å². The van der Waals surface area contributed by atoms with Gasteiger partial charge >= 0.3 is 0 Å². The average Bonchev–Trinajstić information content (AvgIpc) is 2.32. The third-order valence-electron chi connectivity index (χ3n) is 5.07. The average molecular weight is 183 g/mol. The highest BCUT2D eigenvalue weighted by Crippen LogP contribution is 2.65. The number of hydrogen-bond acceptors (Lipinski definition) is 2. The fraction of sp³-hybridized carbons (Fsp3) is 1.00. The van der Waals surface area contributed by atoms with E-state index in [0.29, 0.717) is 16.7 Å². The third kappa shape index (κ3) is 0.861. The van der Waals surface area contributed by atoms with E-state index in [9.17, 15) is 0 Å². The lowest BCUT2D eigenvalue weighted by atomic mass is 9.70. The first-order valence-corrected chi connectivity index (χ1v) is 5.23. The fourth-order valence-corrected chi connectivity index (χ4v) is 3.80. The van der Waals surface area contributed by atoms with Crippen molar-refractivity contribution in [2.75, 3.05) is 7.11 Å². The molecule has 13 heavy (non-hydrogen) atoms. The molecule has 2 N–H and O–H groups in total. The molecular weight excluding hydrogens is 162 g/mol. The smallest absolute Gasteiger partial charge is 0.0783 e. The maximum absolute atomic E-state index is 6.21. The minimum atomic E-state index is 0.249. The molecule has 2 bridgehead atoms. The molecule has 2 aliphatic carbocycles. The monoisotopic (exact) mass is 183 g/mol. The van der Waals surface area contributed by atoms with Gasteiger partial charge in [-0.2, -0.15) is 0 Å². The second-order valence-electron chi connectivity index (χ2n) is 5.52. The first-order chi connectivity index (χ1) is 5.95. The van der Waals surface area contributed by atoms with E-state index in [1.54, 1.807) is 7.11 Å². The molecule has 4 atom stereocenters. The highest BCUT2D eigenvalue weighted by Gasteiger charge is 2.65. The van der Waals surface area contributed by atoms with Gasteiger partial charge in [-0.1, -0.05) is 20.8 Å². The Balaban J connectivity index is 2.40. The van der Waals surface area contributed by atoms with E-state index in [-0.39, 0.29) is 12.1 Å². The molecule has 0 aromatic heterocycles. The number of rotatable bonds is 1. The summed E-state index contributed by atoms with van der Waals surface area (Å²) in [6, 6.07) is 0.249. The van der Waals surface area contributed by atoms with Crippen molar-refractivity contribution in [3.05, 3.63) is 0 Å². The Kier molecular flexibility index (Phi) is 1.81. The van der Waals surface area contributed by atoms with Crippen LogP contribution in [0.3, 0.4) is 0 Å². The van der Waals surface area contributed by atoms with E-state index in [0.717, 1.165) is 0 Å². The Morgan fingerprint density at radius 2 is 1.92 bits per heavy atom. The maximum Gasteiger partial charge on any atom is 0.0783 e. The van der Waals surface area contributed by atoms with Gasteiger partial charge in [0.15, 0.2) is 0 Å². The van der Waals surface area contributed by atoms with Crippen molar-refractivity contribution in [1.82, 2.24) is 0 Å². The summed E-state index contributed by atoms with van der Waals surface area (Å²) in [6.07, 6.45) is 2.82. The zero-order valence-electron chi connectivity index (χ0n) is 9.13. The third-order valence-corrected chi connectivity index (χ3v) is 5.07. The molecular formula is C11H21NO. The number of hydrogen-bond donors (Lipinski definition) is 1. The van der Waals surface area contributed by atoms with Gasteiger partial charge in [0.05, 0.1) is 6.10 Å². The number of fused-ring (bicyclic) bond motifs is 2. The Morgan fingerprint density at radius 1 is 1.31 bits per heavy atom. The summed E-state index contributed by atoms with van der Waals surface area (Å²) in [5, 5.41) is 0. The van der Waals surface area contributed by atoms with E-state index in [4.69, 9.17) is 10.5 Å². The van der Waals surface area contributed by atoms with Crippen molar-refractivity contribution in [3.8, 4) is 0 Å². The van der Waals surface area contributed by atoms with Gasteiger partial charge in [-0.05, 0) is 24.2 Å². The van der Waals surface area contributed by atoms with Crippen LogP contribution < -0.4 is 5.73 Å². The fourth-order valence-electron chi connectivity index (χ4n) is 3.80. The van der Waals surface area contributed by atoms with Gasteiger partial charge in [0.1, 0.15) is 0 Å². The van der Waals surface area contributed by atoms with Crippen LogP contribution in [0.4, 0.5) is 0 Å². The molecule has 0 heterocycles. The van der Waals surface area contributed by atoms with E-state index in [1.165, 1.54) is 12.8 Å². The molecule has 2 aliphatic rings. The van der Waals surface area contributed by atoms with Crippen LogP contribution in [0.2, 0.25) is 0 Å². The van der Waals surface area contributed by atoms with Crippen molar-refractivity contribution < 1.29 is 4.74 Å². The summed E-state index contributed by atoms with van der Waals surface area (Å²) in [7, 11) is 1.80. The predicted octanol–water partition coefficient (Wildman–Crippen LogP) is 1.78. The summed E-state index contributed by atoms with van der Waals surface area (Å²) in [6.45, 7) is 7.04. The van der Waals surface area contributed by atoms with Gasteiger partial charge in [0.2, 0.25) is 0 Å².